The summed E-state index contributed by atoms with van der Waals surface area (Å²) in [5.74, 6) is 1.65. The molecule has 1 atom stereocenters. The molecule has 0 aliphatic heterocycles. The van der Waals surface area contributed by atoms with E-state index in [1.54, 1.807) is 0 Å². The maximum atomic E-state index is 6.70. The first-order valence-corrected chi connectivity index (χ1v) is 8.26. The van der Waals surface area contributed by atoms with Gasteiger partial charge in [0.1, 0.15) is 11.3 Å². The van der Waals surface area contributed by atoms with Gasteiger partial charge in [0.05, 0.1) is 6.04 Å². The van der Waals surface area contributed by atoms with Crippen molar-refractivity contribution in [3.05, 3.63) is 35.6 Å². The van der Waals surface area contributed by atoms with Gasteiger partial charge in [-0.3, -0.25) is 0 Å². The number of benzene rings is 1. The van der Waals surface area contributed by atoms with Gasteiger partial charge in [-0.05, 0) is 49.1 Å². The third-order valence-electron chi connectivity index (χ3n) is 5.14. The quantitative estimate of drug-likeness (QED) is 0.822. The molecule has 2 heteroatoms. The fourth-order valence-electron chi connectivity index (χ4n) is 4.22. The van der Waals surface area contributed by atoms with E-state index in [2.05, 4.69) is 45.0 Å². The van der Waals surface area contributed by atoms with Gasteiger partial charge in [-0.25, -0.2) is 0 Å². The summed E-state index contributed by atoms with van der Waals surface area (Å²) in [5, 5.41) is 1.18. The van der Waals surface area contributed by atoms with E-state index < -0.39 is 0 Å². The number of furan rings is 1. The molecule has 1 fully saturated rings. The van der Waals surface area contributed by atoms with Crippen molar-refractivity contribution in [2.24, 2.45) is 17.1 Å². The zero-order valence-corrected chi connectivity index (χ0v) is 13.5. The zero-order chi connectivity index (χ0) is 15.0. The van der Waals surface area contributed by atoms with Gasteiger partial charge in [0.2, 0.25) is 0 Å². The lowest BCUT2D eigenvalue weighted by Crippen LogP contribution is -2.33. The lowest BCUT2D eigenvalue weighted by Gasteiger charge is -2.35. The molecule has 1 aliphatic carbocycles. The first-order chi connectivity index (χ1) is 10.0. The molecule has 1 aromatic carbocycles. The highest BCUT2D eigenvalue weighted by molar-refractivity contribution is 5.81. The van der Waals surface area contributed by atoms with Gasteiger partial charge < -0.3 is 10.2 Å². The maximum Gasteiger partial charge on any atom is 0.137 e. The monoisotopic (exact) mass is 285 g/mol. The first-order valence-electron chi connectivity index (χ1n) is 8.26. The minimum absolute atomic E-state index is 0.0224. The minimum atomic E-state index is 0.0224. The SMILES string of the molecule is Cc1cccc2cc(C(N)C3(CC(C)C)CCCC3)oc12. The Kier molecular flexibility index (Phi) is 3.83. The third-order valence-corrected chi connectivity index (χ3v) is 5.14. The fraction of sp³-hybridized carbons (Fsp3) is 0.579. The predicted octanol–water partition coefficient (Wildman–Crippen LogP) is 5.35. The first kappa shape index (κ1) is 14.6. The largest absolute Gasteiger partial charge is 0.459 e. The number of hydrogen-bond acceptors (Lipinski definition) is 2. The van der Waals surface area contributed by atoms with Gasteiger partial charge in [0.15, 0.2) is 0 Å². The van der Waals surface area contributed by atoms with Gasteiger partial charge in [-0.15, -0.1) is 0 Å². The van der Waals surface area contributed by atoms with E-state index in [1.807, 2.05) is 0 Å². The van der Waals surface area contributed by atoms with E-state index in [1.165, 1.54) is 43.1 Å². The highest BCUT2D eigenvalue weighted by atomic mass is 16.3. The van der Waals surface area contributed by atoms with Crippen LogP contribution in [0.1, 0.15) is 63.3 Å². The van der Waals surface area contributed by atoms with Crippen LogP contribution in [0.3, 0.4) is 0 Å². The number of fused-ring (bicyclic) bond motifs is 1. The van der Waals surface area contributed by atoms with Crippen molar-refractivity contribution in [3.63, 3.8) is 0 Å². The van der Waals surface area contributed by atoms with Crippen molar-refractivity contribution in [1.82, 2.24) is 0 Å². The molecule has 1 aromatic heterocycles. The molecule has 0 radical (unpaired) electrons. The Hall–Kier alpha value is -1.28. The summed E-state index contributed by atoms with van der Waals surface area (Å²) in [6, 6.07) is 8.48. The average molecular weight is 285 g/mol. The van der Waals surface area contributed by atoms with Crippen LogP contribution in [-0.4, -0.2) is 0 Å². The Balaban J connectivity index is 1.98. The molecule has 1 heterocycles. The fourth-order valence-corrected chi connectivity index (χ4v) is 4.22. The Morgan fingerprint density at radius 2 is 1.95 bits per heavy atom. The van der Waals surface area contributed by atoms with Crippen LogP contribution in [0, 0.1) is 18.3 Å². The lowest BCUT2D eigenvalue weighted by molar-refractivity contribution is 0.168. The second kappa shape index (κ2) is 5.49. The molecular formula is C19H27NO. The molecule has 2 N–H and O–H groups in total. The summed E-state index contributed by atoms with van der Waals surface area (Å²) in [4.78, 5) is 0. The molecule has 2 aromatic rings. The average Bonchev–Trinajstić information content (AvgIpc) is 3.05. The van der Waals surface area contributed by atoms with Crippen molar-refractivity contribution in [2.45, 2.75) is 58.9 Å². The van der Waals surface area contributed by atoms with Crippen molar-refractivity contribution in [1.29, 1.82) is 0 Å². The molecule has 0 spiro atoms. The lowest BCUT2D eigenvalue weighted by atomic mass is 9.72. The summed E-state index contributed by atoms with van der Waals surface area (Å²) < 4.78 is 6.15. The molecule has 2 nitrogen and oxygen atoms in total. The smallest absolute Gasteiger partial charge is 0.137 e. The van der Waals surface area contributed by atoms with Gasteiger partial charge in [-0.1, -0.05) is 44.9 Å². The van der Waals surface area contributed by atoms with Crippen molar-refractivity contribution >= 4 is 11.0 Å². The van der Waals surface area contributed by atoms with Crippen LogP contribution in [0.5, 0.6) is 0 Å². The van der Waals surface area contributed by atoms with Crippen LogP contribution in [0.4, 0.5) is 0 Å². The van der Waals surface area contributed by atoms with Crippen LogP contribution in [0.25, 0.3) is 11.0 Å². The van der Waals surface area contributed by atoms with Crippen LogP contribution >= 0.6 is 0 Å². The van der Waals surface area contributed by atoms with E-state index in [-0.39, 0.29) is 11.5 Å². The molecule has 0 amide bonds. The van der Waals surface area contributed by atoms with Gasteiger partial charge in [0, 0.05) is 5.39 Å². The zero-order valence-electron chi connectivity index (χ0n) is 13.5. The Morgan fingerprint density at radius 3 is 2.57 bits per heavy atom. The molecule has 0 saturated heterocycles. The number of aryl methyl sites for hydroxylation is 1. The number of hydrogen-bond donors (Lipinski definition) is 1. The summed E-state index contributed by atoms with van der Waals surface area (Å²) in [6.45, 7) is 6.70. The highest BCUT2D eigenvalue weighted by Crippen LogP contribution is 2.51. The third kappa shape index (κ3) is 2.62. The molecule has 1 saturated carbocycles. The van der Waals surface area contributed by atoms with Crippen molar-refractivity contribution < 1.29 is 4.42 Å². The van der Waals surface area contributed by atoms with Gasteiger partial charge in [-0.2, -0.15) is 0 Å². The standard InChI is InChI=1S/C19H27NO/c1-13(2)12-19(9-4-5-10-19)18(20)16-11-15-8-6-7-14(3)17(15)21-16/h6-8,11,13,18H,4-5,9-10,12,20H2,1-3H3. The number of nitrogens with two attached hydrogens (primary N) is 1. The van der Waals surface area contributed by atoms with Crippen molar-refractivity contribution in [2.75, 3.05) is 0 Å². The molecule has 21 heavy (non-hydrogen) atoms. The van der Waals surface area contributed by atoms with Gasteiger partial charge in [0.25, 0.3) is 0 Å². The summed E-state index contributed by atoms with van der Waals surface area (Å²) in [7, 11) is 0. The second-order valence-corrected chi connectivity index (χ2v) is 7.29. The molecule has 114 valence electrons. The van der Waals surface area contributed by atoms with Crippen LogP contribution in [0.2, 0.25) is 0 Å². The summed E-state index contributed by atoms with van der Waals surface area (Å²) in [5.41, 5.74) is 9.13. The van der Waals surface area contributed by atoms with Crippen LogP contribution in [0.15, 0.2) is 28.7 Å². The topological polar surface area (TPSA) is 39.2 Å². The Labute approximate surface area is 127 Å². The van der Waals surface area contributed by atoms with Gasteiger partial charge >= 0.3 is 0 Å². The van der Waals surface area contributed by atoms with Crippen molar-refractivity contribution in [3.8, 4) is 0 Å². The molecule has 3 rings (SSSR count). The Morgan fingerprint density at radius 1 is 1.24 bits per heavy atom. The van der Waals surface area contributed by atoms with Crippen LogP contribution < -0.4 is 5.73 Å². The molecule has 1 aliphatic rings. The van der Waals surface area contributed by atoms with E-state index in [0.717, 1.165) is 11.3 Å². The Bertz CT molecular complexity index is 620. The highest BCUT2D eigenvalue weighted by Gasteiger charge is 2.41. The number of rotatable bonds is 4. The minimum Gasteiger partial charge on any atom is -0.459 e. The normalized spacial score (nSPS) is 19.5. The van der Waals surface area contributed by atoms with E-state index in [4.69, 9.17) is 10.2 Å². The van der Waals surface area contributed by atoms with Crippen LogP contribution in [-0.2, 0) is 0 Å². The maximum absolute atomic E-state index is 6.70. The molecule has 0 bridgehead atoms. The summed E-state index contributed by atoms with van der Waals surface area (Å²) in [6.07, 6.45) is 6.29. The van der Waals surface area contributed by atoms with E-state index in [0.29, 0.717) is 5.92 Å². The van der Waals surface area contributed by atoms with E-state index >= 15 is 0 Å². The van der Waals surface area contributed by atoms with E-state index in [9.17, 15) is 0 Å². The molecule has 1 unspecified atom stereocenters. The second-order valence-electron chi connectivity index (χ2n) is 7.29. The summed E-state index contributed by atoms with van der Waals surface area (Å²) >= 11 is 0. The molecular weight excluding hydrogens is 258 g/mol. The number of para-hydroxylation sites is 1. The predicted molar refractivity (Wildman–Crippen MR) is 88.2 cm³/mol.